The van der Waals surface area contributed by atoms with Crippen molar-refractivity contribution >= 4 is 21.6 Å². The Morgan fingerprint density at radius 1 is 1.11 bits per heavy atom. The fourth-order valence-corrected chi connectivity index (χ4v) is 2.88. The highest BCUT2D eigenvalue weighted by Crippen LogP contribution is 2.29. The van der Waals surface area contributed by atoms with Gasteiger partial charge in [0, 0.05) is 0 Å². The van der Waals surface area contributed by atoms with Crippen LogP contribution in [0.3, 0.4) is 0 Å². The molecule has 0 bridgehead atoms. The Morgan fingerprint density at radius 3 is 2.58 bits per heavy atom. The Hall–Kier alpha value is -1.94. The van der Waals surface area contributed by atoms with Crippen LogP contribution in [-0.2, 0) is 0 Å². The van der Waals surface area contributed by atoms with Crippen LogP contribution in [0.15, 0.2) is 36.4 Å². The fourth-order valence-electron chi connectivity index (χ4n) is 2.07. The van der Waals surface area contributed by atoms with Gasteiger partial charge in [-0.15, -0.1) is 11.3 Å². The first-order valence-corrected chi connectivity index (χ1v) is 6.70. The third kappa shape index (κ3) is 2.19. The second-order valence-electron chi connectivity index (χ2n) is 4.26. The van der Waals surface area contributed by atoms with Crippen LogP contribution in [-0.4, -0.2) is 12.1 Å². The molecule has 0 amide bonds. The van der Waals surface area contributed by atoms with Crippen molar-refractivity contribution in [2.24, 2.45) is 0 Å². The molecule has 1 aromatic heterocycles. The summed E-state index contributed by atoms with van der Waals surface area (Å²) in [6, 6.07) is 11.0. The molecule has 3 rings (SSSR count). The van der Waals surface area contributed by atoms with E-state index in [1.165, 1.54) is 13.2 Å². The zero-order valence-corrected chi connectivity index (χ0v) is 11.4. The van der Waals surface area contributed by atoms with Gasteiger partial charge in [0.15, 0.2) is 11.6 Å². The van der Waals surface area contributed by atoms with Crippen LogP contribution in [0.2, 0.25) is 0 Å². The van der Waals surface area contributed by atoms with Crippen molar-refractivity contribution in [1.29, 1.82) is 0 Å². The smallest absolute Gasteiger partial charge is 0.165 e. The van der Waals surface area contributed by atoms with Gasteiger partial charge < -0.3 is 4.74 Å². The number of aryl methyl sites for hydroxylation is 1. The Labute approximate surface area is 114 Å². The summed E-state index contributed by atoms with van der Waals surface area (Å²) in [5.41, 5.74) is 2.74. The lowest BCUT2D eigenvalue weighted by atomic mass is 10.1. The number of halogens is 1. The van der Waals surface area contributed by atoms with Gasteiger partial charge in [0.2, 0.25) is 0 Å². The quantitative estimate of drug-likeness (QED) is 0.689. The number of hydrogen-bond acceptors (Lipinski definition) is 3. The van der Waals surface area contributed by atoms with Gasteiger partial charge in [0.05, 0.1) is 22.3 Å². The summed E-state index contributed by atoms with van der Waals surface area (Å²) in [4.78, 5) is 4.46. The summed E-state index contributed by atoms with van der Waals surface area (Å²) in [6.45, 7) is 1.98. The molecule has 0 unspecified atom stereocenters. The molecule has 2 aromatic carbocycles. The standard InChI is InChI=1S/C15H12FNOS/c1-9-17-13-8-11(4-6-15(13)19-9)10-3-5-14(18-2)12(16)7-10/h3-8H,1-2H3. The molecule has 0 saturated heterocycles. The molecule has 0 N–H and O–H groups in total. The predicted octanol–water partition coefficient (Wildman–Crippen LogP) is 4.42. The van der Waals surface area contributed by atoms with Crippen LogP contribution < -0.4 is 4.74 Å². The van der Waals surface area contributed by atoms with E-state index >= 15 is 0 Å². The monoisotopic (exact) mass is 273 g/mol. The predicted molar refractivity (Wildman–Crippen MR) is 76.3 cm³/mol. The Morgan fingerprint density at radius 2 is 1.84 bits per heavy atom. The van der Waals surface area contributed by atoms with Crippen LogP contribution in [0.5, 0.6) is 5.75 Å². The molecule has 0 atom stereocenters. The van der Waals surface area contributed by atoms with Crippen LogP contribution in [0.1, 0.15) is 5.01 Å². The van der Waals surface area contributed by atoms with Crippen molar-refractivity contribution in [3.05, 3.63) is 47.2 Å². The maximum atomic E-state index is 13.7. The summed E-state index contributed by atoms with van der Waals surface area (Å²) in [5.74, 6) is -0.0936. The summed E-state index contributed by atoms with van der Waals surface area (Å²) < 4.78 is 19.8. The summed E-state index contributed by atoms with van der Waals surface area (Å²) in [6.07, 6.45) is 0. The van der Waals surface area contributed by atoms with E-state index in [4.69, 9.17) is 4.74 Å². The molecule has 2 nitrogen and oxygen atoms in total. The molecule has 4 heteroatoms. The van der Waals surface area contributed by atoms with Crippen molar-refractivity contribution in [2.75, 3.05) is 7.11 Å². The van der Waals surface area contributed by atoms with E-state index in [9.17, 15) is 4.39 Å². The van der Waals surface area contributed by atoms with Crippen molar-refractivity contribution in [3.63, 3.8) is 0 Å². The first-order valence-electron chi connectivity index (χ1n) is 5.88. The second kappa shape index (κ2) is 4.63. The normalized spacial score (nSPS) is 10.9. The molecule has 0 radical (unpaired) electrons. The van der Waals surface area contributed by atoms with E-state index < -0.39 is 0 Å². The highest BCUT2D eigenvalue weighted by Gasteiger charge is 2.07. The van der Waals surface area contributed by atoms with Gasteiger partial charge in [-0.05, 0) is 42.3 Å². The molecular formula is C15H12FNOS. The van der Waals surface area contributed by atoms with Crippen LogP contribution in [0.4, 0.5) is 4.39 Å². The highest BCUT2D eigenvalue weighted by molar-refractivity contribution is 7.18. The SMILES string of the molecule is COc1ccc(-c2ccc3sc(C)nc3c2)cc1F. The van der Waals surface area contributed by atoms with Gasteiger partial charge in [0.1, 0.15) is 0 Å². The minimum Gasteiger partial charge on any atom is -0.494 e. The molecule has 3 aromatic rings. The fraction of sp³-hybridized carbons (Fsp3) is 0.133. The topological polar surface area (TPSA) is 22.1 Å². The summed E-state index contributed by atoms with van der Waals surface area (Å²) in [5, 5.41) is 1.04. The van der Waals surface area contributed by atoms with E-state index in [0.29, 0.717) is 0 Å². The average Bonchev–Trinajstić information content (AvgIpc) is 2.77. The van der Waals surface area contributed by atoms with Gasteiger partial charge in [-0.25, -0.2) is 9.37 Å². The minimum atomic E-state index is -0.352. The number of methoxy groups -OCH3 is 1. The van der Waals surface area contributed by atoms with E-state index in [1.807, 2.05) is 31.2 Å². The highest BCUT2D eigenvalue weighted by atomic mass is 32.1. The van der Waals surface area contributed by atoms with E-state index in [2.05, 4.69) is 4.98 Å². The summed E-state index contributed by atoms with van der Waals surface area (Å²) in [7, 11) is 1.46. The first kappa shape index (κ1) is 12.1. The van der Waals surface area contributed by atoms with Crippen molar-refractivity contribution < 1.29 is 9.13 Å². The zero-order valence-electron chi connectivity index (χ0n) is 10.6. The molecule has 19 heavy (non-hydrogen) atoms. The van der Waals surface area contributed by atoms with Gasteiger partial charge in [-0.1, -0.05) is 12.1 Å². The molecular weight excluding hydrogens is 261 g/mol. The van der Waals surface area contributed by atoms with Gasteiger partial charge in [-0.2, -0.15) is 0 Å². The van der Waals surface area contributed by atoms with Crippen molar-refractivity contribution in [2.45, 2.75) is 6.92 Å². The Balaban J connectivity index is 2.10. The number of aromatic nitrogens is 1. The largest absolute Gasteiger partial charge is 0.494 e. The molecule has 0 spiro atoms. The number of nitrogens with zero attached hydrogens (tertiary/aromatic N) is 1. The maximum Gasteiger partial charge on any atom is 0.165 e. The molecule has 0 aliphatic heterocycles. The average molecular weight is 273 g/mol. The third-order valence-electron chi connectivity index (χ3n) is 2.98. The molecule has 0 saturated carbocycles. The summed E-state index contributed by atoms with van der Waals surface area (Å²) >= 11 is 1.66. The minimum absolute atomic E-state index is 0.259. The van der Waals surface area contributed by atoms with E-state index in [0.717, 1.165) is 26.4 Å². The second-order valence-corrected chi connectivity index (χ2v) is 5.50. The Bertz CT molecular complexity index is 751. The number of benzene rings is 2. The molecule has 0 aliphatic rings. The molecule has 0 fully saturated rings. The third-order valence-corrected chi connectivity index (χ3v) is 3.93. The lowest BCUT2D eigenvalue weighted by Crippen LogP contribution is -1.88. The lowest BCUT2D eigenvalue weighted by molar-refractivity contribution is 0.386. The van der Waals surface area contributed by atoms with Crippen molar-refractivity contribution in [3.8, 4) is 16.9 Å². The number of thiazole rings is 1. The molecule has 0 aliphatic carbocycles. The number of hydrogen-bond donors (Lipinski definition) is 0. The van der Waals surface area contributed by atoms with E-state index in [1.54, 1.807) is 17.4 Å². The van der Waals surface area contributed by atoms with Gasteiger partial charge >= 0.3 is 0 Å². The van der Waals surface area contributed by atoms with E-state index in [-0.39, 0.29) is 11.6 Å². The van der Waals surface area contributed by atoms with Crippen LogP contribution in [0.25, 0.3) is 21.3 Å². The lowest BCUT2D eigenvalue weighted by Gasteiger charge is -2.05. The van der Waals surface area contributed by atoms with Crippen molar-refractivity contribution in [1.82, 2.24) is 4.98 Å². The maximum absolute atomic E-state index is 13.7. The zero-order chi connectivity index (χ0) is 13.4. The first-order chi connectivity index (χ1) is 9.17. The number of ether oxygens (including phenoxy) is 1. The molecule has 96 valence electrons. The number of fused-ring (bicyclic) bond motifs is 1. The van der Waals surface area contributed by atoms with Gasteiger partial charge in [-0.3, -0.25) is 0 Å². The molecule has 1 heterocycles. The van der Waals surface area contributed by atoms with Crippen LogP contribution >= 0.6 is 11.3 Å². The van der Waals surface area contributed by atoms with Gasteiger partial charge in [0.25, 0.3) is 0 Å². The number of rotatable bonds is 2. The van der Waals surface area contributed by atoms with Crippen LogP contribution in [0, 0.1) is 12.7 Å². The Kier molecular flexibility index (Phi) is 2.95.